The van der Waals surface area contributed by atoms with Gasteiger partial charge in [0.05, 0.1) is 35.6 Å². The number of esters is 1. The van der Waals surface area contributed by atoms with Crippen molar-refractivity contribution < 1.29 is 22.7 Å². The molecule has 0 spiro atoms. The molecule has 0 saturated carbocycles. The summed E-state index contributed by atoms with van der Waals surface area (Å²) in [6.45, 7) is 3.61. The van der Waals surface area contributed by atoms with Gasteiger partial charge in [0.2, 0.25) is 0 Å². The van der Waals surface area contributed by atoms with Gasteiger partial charge in [-0.15, -0.1) is 11.3 Å². The number of nitrogens with zero attached hydrogens (tertiary/aromatic N) is 2. The van der Waals surface area contributed by atoms with E-state index >= 15 is 0 Å². The molecule has 0 atom stereocenters. The normalized spacial score (nSPS) is 15.2. The molecule has 1 amide bonds. The molecule has 1 aliphatic heterocycles. The van der Waals surface area contributed by atoms with Crippen LogP contribution in [0.5, 0.6) is 0 Å². The van der Waals surface area contributed by atoms with Gasteiger partial charge in [0.15, 0.2) is 9.84 Å². The van der Waals surface area contributed by atoms with Crippen LogP contribution < -0.4 is 5.32 Å². The van der Waals surface area contributed by atoms with Crippen molar-refractivity contribution >= 4 is 38.1 Å². The van der Waals surface area contributed by atoms with Gasteiger partial charge in [-0.2, -0.15) is 0 Å². The Kier molecular flexibility index (Phi) is 5.05. The maximum atomic E-state index is 12.4. The van der Waals surface area contributed by atoms with E-state index in [-0.39, 0.29) is 40.8 Å². The van der Waals surface area contributed by atoms with Crippen LogP contribution in [0.4, 0.5) is 5.00 Å². The molecule has 0 saturated heterocycles. The number of rotatable bonds is 4. The highest BCUT2D eigenvalue weighted by Gasteiger charge is 2.32. The van der Waals surface area contributed by atoms with Crippen LogP contribution in [0.15, 0.2) is 12.4 Å². The standard InChI is InChI=1S/C16H17N3O5S2/c1-3-24-16(21)13-10-4-5-26(22,23)8-12(10)25-15(13)19-14(20)11-7-17-9(2)6-18-11/h6-7H,3-5,8H2,1-2H3,(H,19,20). The second-order valence-electron chi connectivity index (χ2n) is 5.77. The molecular weight excluding hydrogens is 378 g/mol. The van der Waals surface area contributed by atoms with E-state index < -0.39 is 21.7 Å². The largest absolute Gasteiger partial charge is 0.462 e. The molecule has 1 N–H and O–H groups in total. The van der Waals surface area contributed by atoms with Gasteiger partial charge in [-0.05, 0) is 25.8 Å². The van der Waals surface area contributed by atoms with Crippen molar-refractivity contribution in [3.63, 3.8) is 0 Å². The van der Waals surface area contributed by atoms with E-state index in [0.29, 0.717) is 16.1 Å². The number of fused-ring (bicyclic) bond motifs is 1. The van der Waals surface area contributed by atoms with Gasteiger partial charge in [-0.3, -0.25) is 9.78 Å². The number of nitrogens with one attached hydrogen (secondary N) is 1. The topological polar surface area (TPSA) is 115 Å². The van der Waals surface area contributed by atoms with E-state index in [2.05, 4.69) is 15.3 Å². The minimum atomic E-state index is -3.20. The summed E-state index contributed by atoms with van der Waals surface area (Å²) >= 11 is 1.08. The van der Waals surface area contributed by atoms with E-state index in [1.54, 1.807) is 13.8 Å². The summed E-state index contributed by atoms with van der Waals surface area (Å²) in [5, 5.41) is 2.93. The molecular formula is C16H17N3O5S2. The predicted octanol–water partition coefficient (Wildman–Crippen LogP) is 1.75. The Morgan fingerprint density at radius 2 is 2.08 bits per heavy atom. The molecule has 0 fully saturated rings. The van der Waals surface area contributed by atoms with E-state index in [9.17, 15) is 18.0 Å². The third-order valence-corrected chi connectivity index (χ3v) is 6.71. The molecule has 2 aromatic rings. The molecule has 0 bridgehead atoms. The van der Waals surface area contributed by atoms with Gasteiger partial charge >= 0.3 is 5.97 Å². The summed E-state index contributed by atoms with van der Waals surface area (Å²) in [5.74, 6) is -1.27. The zero-order chi connectivity index (χ0) is 18.9. The van der Waals surface area contributed by atoms with Crippen molar-refractivity contribution in [1.82, 2.24) is 9.97 Å². The number of ether oxygens (including phenoxy) is 1. The highest BCUT2D eigenvalue weighted by molar-refractivity contribution is 7.90. The number of aromatic nitrogens is 2. The summed E-state index contributed by atoms with van der Waals surface area (Å²) in [6.07, 6.45) is 3.03. The van der Waals surface area contributed by atoms with Crippen LogP contribution in [0.3, 0.4) is 0 Å². The lowest BCUT2D eigenvalue weighted by Gasteiger charge is -2.13. The fraction of sp³-hybridized carbons (Fsp3) is 0.375. The first kappa shape index (κ1) is 18.5. The van der Waals surface area contributed by atoms with Gasteiger partial charge in [-0.25, -0.2) is 18.2 Å². The minimum absolute atomic E-state index is 0.0278. The molecule has 26 heavy (non-hydrogen) atoms. The molecule has 0 aromatic carbocycles. The number of carbonyl (C=O) groups excluding carboxylic acids is 2. The molecule has 0 aliphatic carbocycles. The van der Waals surface area contributed by atoms with Gasteiger partial charge < -0.3 is 10.1 Å². The van der Waals surface area contributed by atoms with Crippen LogP contribution in [0.2, 0.25) is 0 Å². The molecule has 3 rings (SSSR count). The summed E-state index contributed by atoms with van der Waals surface area (Å²) in [4.78, 5) is 33.4. The molecule has 8 nitrogen and oxygen atoms in total. The lowest BCUT2D eigenvalue weighted by molar-refractivity contribution is 0.0527. The second kappa shape index (κ2) is 7.12. The molecule has 10 heteroatoms. The highest BCUT2D eigenvalue weighted by Crippen LogP contribution is 2.38. The zero-order valence-corrected chi connectivity index (χ0v) is 15.9. The number of sulfone groups is 1. The summed E-state index contributed by atoms with van der Waals surface area (Å²) in [5.41, 5.74) is 1.64. The van der Waals surface area contributed by atoms with Crippen molar-refractivity contribution in [2.75, 3.05) is 17.7 Å². The molecule has 0 radical (unpaired) electrons. The van der Waals surface area contributed by atoms with Crippen LogP contribution in [0, 0.1) is 6.92 Å². The van der Waals surface area contributed by atoms with Crippen LogP contribution in [-0.2, 0) is 26.7 Å². The lowest BCUT2D eigenvalue weighted by atomic mass is 10.1. The highest BCUT2D eigenvalue weighted by atomic mass is 32.2. The Balaban J connectivity index is 1.97. The predicted molar refractivity (Wildman–Crippen MR) is 96.2 cm³/mol. The third-order valence-electron chi connectivity index (χ3n) is 3.82. The number of amides is 1. The maximum Gasteiger partial charge on any atom is 0.341 e. The number of thiophene rings is 1. The van der Waals surface area contributed by atoms with Crippen LogP contribution >= 0.6 is 11.3 Å². The van der Waals surface area contributed by atoms with Gasteiger partial charge in [0.25, 0.3) is 5.91 Å². The summed E-state index contributed by atoms with van der Waals surface area (Å²) < 4.78 is 28.9. The van der Waals surface area contributed by atoms with Crippen molar-refractivity contribution in [3.05, 3.63) is 39.8 Å². The van der Waals surface area contributed by atoms with Crippen LogP contribution in [0.1, 0.15) is 43.9 Å². The Bertz CT molecular complexity index is 965. The average Bonchev–Trinajstić information content (AvgIpc) is 2.91. The van der Waals surface area contributed by atoms with Crippen molar-refractivity contribution in [2.24, 2.45) is 0 Å². The molecule has 1 aliphatic rings. The number of hydrogen-bond acceptors (Lipinski definition) is 8. The third kappa shape index (κ3) is 3.75. The molecule has 0 unspecified atom stereocenters. The van der Waals surface area contributed by atoms with Crippen molar-refractivity contribution in [2.45, 2.75) is 26.0 Å². The van der Waals surface area contributed by atoms with Gasteiger partial charge in [0, 0.05) is 11.1 Å². The molecule has 2 aromatic heterocycles. The van der Waals surface area contributed by atoms with Crippen molar-refractivity contribution in [3.8, 4) is 0 Å². The number of carbonyl (C=O) groups is 2. The Labute approximate surface area is 154 Å². The quantitative estimate of drug-likeness (QED) is 0.784. The fourth-order valence-corrected chi connectivity index (χ4v) is 5.64. The monoisotopic (exact) mass is 395 g/mol. The van der Waals surface area contributed by atoms with E-state index in [4.69, 9.17) is 4.74 Å². The number of aryl methyl sites for hydroxylation is 1. The van der Waals surface area contributed by atoms with E-state index in [0.717, 1.165) is 11.3 Å². The Hall–Kier alpha value is -2.33. The van der Waals surface area contributed by atoms with E-state index in [1.807, 2.05) is 0 Å². The van der Waals surface area contributed by atoms with Gasteiger partial charge in [0.1, 0.15) is 10.7 Å². The summed E-state index contributed by atoms with van der Waals surface area (Å²) in [6, 6.07) is 0. The van der Waals surface area contributed by atoms with Gasteiger partial charge in [-0.1, -0.05) is 0 Å². The van der Waals surface area contributed by atoms with Crippen molar-refractivity contribution in [1.29, 1.82) is 0 Å². The smallest absolute Gasteiger partial charge is 0.341 e. The zero-order valence-electron chi connectivity index (χ0n) is 14.2. The fourth-order valence-electron chi connectivity index (χ4n) is 2.61. The van der Waals surface area contributed by atoms with E-state index in [1.165, 1.54) is 12.4 Å². The number of hydrogen-bond donors (Lipinski definition) is 1. The second-order valence-corrected chi connectivity index (χ2v) is 9.06. The Morgan fingerprint density at radius 3 is 2.73 bits per heavy atom. The first-order valence-corrected chi connectivity index (χ1v) is 10.6. The first-order valence-electron chi connectivity index (χ1n) is 7.93. The molecule has 3 heterocycles. The number of anilines is 1. The maximum absolute atomic E-state index is 12.4. The molecule has 138 valence electrons. The minimum Gasteiger partial charge on any atom is -0.462 e. The Morgan fingerprint density at radius 1 is 1.31 bits per heavy atom. The average molecular weight is 395 g/mol. The van der Waals surface area contributed by atoms with Crippen LogP contribution in [-0.4, -0.2) is 42.6 Å². The SMILES string of the molecule is CCOC(=O)c1c(NC(=O)c2cnc(C)cn2)sc2c1CCS(=O)(=O)C2. The first-order chi connectivity index (χ1) is 12.3. The lowest BCUT2D eigenvalue weighted by Crippen LogP contribution is -2.20. The van der Waals surface area contributed by atoms with Crippen LogP contribution in [0.25, 0.3) is 0 Å². The summed E-state index contributed by atoms with van der Waals surface area (Å²) in [7, 11) is -3.20.